The molecule has 0 spiro atoms. The van der Waals surface area contributed by atoms with Crippen molar-refractivity contribution in [3.63, 3.8) is 0 Å². The number of allylic oxidation sites excluding steroid dienone is 1. The Morgan fingerprint density at radius 3 is 2.91 bits per heavy atom. The first-order valence-corrected chi connectivity index (χ1v) is 5.27. The molecular formula is C9H17NS. The van der Waals surface area contributed by atoms with Gasteiger partial charge in [0, 0.05) is 18.3 Å². The van der Waals surface area contributed by atoms with Crippen LogP contribution >= 0.6 is 11.8 Å². The molecule has 0 fully saturated rings. The summed E-state index contributed by atoms with van der Waals surface area (Å²) in [6.45, 7) is 4.60. The van der Waals surface area contributed by atoms with Gasteiger partial charge in [0.05, 0.1) is 0 Å². The van der Waals surface area contributed by atoms with Gasteiger partial charge in [-0.3, -0.25) is 0 Å². The van der Waals surface area contributed by atoms with Crippen LogP contribution in [0.2, 0.25) is 0 Å². The molecule has 0 amide bonds. The van der Waals surface area contributed by atoms with Crippen molar-refractivity contribution in [2.75, 3.05) is 12.8 Å². The molecule has 0 saturated heterocycles. The lowest BCUT2D eigenvalue weighted by Gasteiger charge is -2.29. The van der Waals surface area contributed by atoms with Crippen molar-refractivity contribution in [3.8, 4) is 0 Å². The van der Waals surface area contributed by atoms with Gasteiger partial charge in [-0.15, -0.1) is 0 Å². The fourth-order valence-corrected chi connectivity index (χ4v) is 2.28. The van der Waals surface area contributed by atoms with E-state index in [1.165, 1.54) is 12.2 Å². The molecule has 0 radical (unpaired) electrons. The molecule has 1 aliphatic heterocycles. The van der Waals surface area contributed by atoms with Crippen LogP contribution in [0.3, 0.4) is 0 Å². The van der Waals surface area contributed by atoms with Gasteiger partial charge < -0.3 is 4.90 Å². The van der Waals surface area contributed by atoms with Gasteiger partial charge in [0.2, 0.25) is 0 Å². The zero-order chi connectivity index (χ0) is 8.27. The Labute approximate surface area is 73.8 Å². The molecule has 0 aliphatic carbocycles. The van der Waals surface area contributed by atoms with Crippen molar-refractivity contribution in [2.24, 2.45) is 0 Å². The molecule has 0 saturated carbocycles. The van der Waals surface area contributed by atoms with E-state index in [2.05, 4.69) is 49.8 Å². The monoisotopic (exact) mass is 171 g/mol. The molecule has 64 valence electrons. The number of hydrogen-bond donors (Lipinski definition) is 0. The Kier molecular flexibility index (Phi) is 3.31. The van der Waals surface area contributed by atoms with Crippen molar-refractivity contribution >= 4 is 11.8 Å². The Morgan fingerprint density at radius 1 is 1.45 bits per heavy atom. The quantitative estimate of drug-likeness (QED) is 0.550. The highest BCUT2D eigenvalue weighted by atomic mass is 32.2. The Bertz CT molecular complexity index is 144. The molecular weight excluding hydrogens is 154 g/mol. The van der Waals surface area contributed by atoms with Crippen LogP contribution in [0.1, 0.15) is 20.3 Å². The lowest BCUT2D eigenvalue weighted by molar-refractivity contribution is 0.348. The largest absolute Gasteiger partial charge is 0.377 e. The topological polar surface area (TPSA) is 3.24 Å². The fraction of sp³-hybridized carbons (Fsp3) is 0.778. The first-order valence-electron chi connectivity index (χ1n) is 4.22. The maximum atomic E-state index is 2.31. The van der Waals surface area contributed by atoms with Crippen LogP contribution in [0.4, 0.5) is 0 Å². The molecule has 0 N–H and O–H groups in total. The third-order valence-electron chi connectivity index (χ3n) is 2.33. The molecule has 11 heavy (non-hydrogen) atoms. The van der Waals surface area contributed by atoms with E-state index < -0.39 is 0 Å². The van der Waals surface area contributed by atoms with E-state index in [4.69, 9.17) is 0 Å². The number of hydrogen-bond acceptors (Lipinski definition) is 2. The Morgan fingerprint density at radius 2 is 2.18 bits per heavy atom. The molecule has 1 heterocycles. The van der Waals surface area contributed by atoms with Gasteiger partial charge in [-0.05, 0) is 25.3 Å². The van der Waals surface area contributed by atoms with Crippen molar-refractivity contribution in [1.29, 1.82) is 0 Å². The SMILES string of the molecule is CC1SCCC=CN(C)C1C. The second kappa shape index (κ2) is 4.05. The summed E-state index contributed by atoms with van der Waals surface area (Å²) in [4.78, 5) is 2.30. The second-order valence-electron chi connectivity index (χ2n) is 3.16. The van der Waals surface area contributed by atoms with E-state index in [9.17, 15) is 0 Å². The molecule has 0 bridgehead atoms. The van der Waals surface area contributed by atoms with Gasteiger partial charge >= 0.3 is 0 Å². The zero-order valence-corrected chi connectivity index (χ0v) is 8.40. The molecule has 1 rings (SSSR count). The molecule has 2 atom stereocenters. The Hall–Kier alpha value is -0.110. The van der Waals surface area contributed by atoms with Crippen molar-refractivity contribution < 1.29 is 0 Å². The van der Waals surface area contributed by atoms with E-state index in [-0.39, 0.29) is 0 Å². The van der Waals surface area contributed by atoms with Crippen molar-refractivity contribution in [1.82, 2.24) is 4.90 Å². The van der Waals surface area contributed by atoms with Gasteiger partial charge in [0.25, 0.3) is 0 Å². The summed E-state index contributed by atoms with van der Waals surface area (Å²) in [5.41, 5.74) is 0. The van der Waals surface area contributed by atoms with E-state index >= 15 is 0 Å². The minimum atomic E-state index is 0.663. The lowest BCUT2D eigenvalue weighted by atomic mass is 10.2. The summed E-state index contributed by atoms with van der Waals surface area (Å²) in [6.07, 6.45) is 5.68. The van der Waals surface area contributed by atoms with E-state index in [0.29, 0.717) is 6.04 Å². The maximum Gasteiger partial charge on any atom is 0.0368 e. The molecule has 2 heteroatoms. The fourth-order valence-electron chi connectivity index (χ4n) is 1.17. The maximum absolute atomic E-state index is 2.31. The van der Waals surface area contributed by atoms with E-state index in [1.807, 2.05) is 0 Å². The molecule has 1 nitrogen and oxygen atoms in total. The normalized spacial score (nSPS) is 33.2. The van der Waals surface area contributed by atoms with Crippen LogP contribution in [0, 0.1) is 0 Å². The standard InChI is InChI=1S/C9H17NS/c1-8-9(2)11-7-5-4-6-10(8)3/h4,6,8-9H,5,7H2,1-3H3. The van der Waals surface area contributed by atoms with Gasteiger partial charge in [-0.2, -0.15) is 11.8 Å². The summed E-state index contributed by atoms with van der Waals surface area (Å²) in [7, 11) is 2.16. The molecule has 2 unspecified atom stereocenters. The average Bonchev–Trinajstić information content (AvgIpc) is 2.00. The first kappa shape index (κ1) is 8.98. The van der Waals surface area contributed by atoms with Crippen LogP contribution in [-0.2, 0) is 0 Å². The molecule has 1 aliphatic rings. The van der Waals surface area contributed by atoms with Crippen LogP contribution in [-0.4, -0.2) is 29.0 Å². The summed E-state index contributed by atoms with van der Waals surface area (Å²) in [6, 6.07) is 0.663. The molecule has 0 aromatic heterocycles. The van der Waals surface area contributed by atoms with Crippen LogP contribution in [0.15, 0.2) is 12.3 Å². The highest BCUT2D eigenvalue weighted by Gasteiger charge is 2.15. The molecule has 0 aromatic rings. The number of rotatable bonds is 0. The van der Waals surface area contributed by atoms with Gasteiger partial charge in [0.15, 0.2) is 0 Å². The Balaban J connectivity index is 2.57. The highest BCUT2D eigenvalue weighted by Crippen LogP contribution is 2.20. The van der Waals surface area contributed by atoms with Gasteiger partial charge in [-0.25, -0.2) is 0 Å². The predicted molar refractivity (Wildman–Crippen MR) is 52.9 cm³/mol. The highest BCUT2D eigenvalue weighted by molar-refractivity contribution is 7.99. The third-order valence-corrected chi connectivity index (χ3v) is 3.72. The zero-order valence-electron chi connectivity index (χ0n) is 7.58. The van der Waals surface area contributed by atoms with E-state index in [1.54, 1.807) is 0 Å². The second-order valence-corrected chi connectivity index (χ2v) is 4.64. The van der Waals surface area contributed by atoms with Crippen LogP contribution in [0.5, 0.6) is 0 Å². The van der Waals surface area contributed by atoms with Crippen molar-refractivity contribution in [3.05, 3.63) is 12.3 Å². The minimum Gasteiger partial charge on any atom is -0.377 e. The first-order chi connectivity index (χ1) is 5.22. The minimum absolute atomic E-state index is 0.663. The summed E-state index contributed by atoms with van der Waals surface area (Å²) >= 11 is 2.07. The lowest BCUT2D eigenvalue weighted by Crippen LogP contribution is -2.33. The summed E-state index contributed by atoms with van der Waals surface area (Å²) < 4.78 is 0. The predicted octanol–water partition coefficient (Wildman–Crippen LogP) is 2.35. The van der Waals surface area contributed by atoms with E-state index in [0.717, 1.165) is 5.25 Å². The average molecular weight is 171 g/mol. The summed E-state index contributed by atoms with van der Waals surface area (Å²) in [5, 5.41) is 0.755. The smallest absolute Gasteiger partial charge is 0.0368 e. The number of thioether (sulfide) groups is 1. The third kappa shape index (κ3) is 2.44. The summed E-state index contributed by atoms with van der Waals surface area (Å²) in [5.74, 6) is 1.27. The van der Waals surface area contributed by atoms with Crippen LogP contribution < -0.4 is 0 Å². The van der Waals surface area contributed by atoms with Crippen molar-refractivity contribution in [2.45, 2.75) is 31.6 Å². The van der Waals surface area contributed by atoms with Gasteiger partial charge in [0.1, 0.15) is 0 Å². The molecule has 0 aromatic carbocycles. The number of nitrogens with zero attached hydrogens (tertiary/aromatic N) is 1. The van der Waals surface area contributed by atoms with Crippen LogP contribution in [0.25, 0.3) is 0 Å². The van der Waals surface area contributed by atoms with Gasteiger partial charge in [-0.1, -0.05) is 13.0 Å².